The van der Waals surface area contributed by atoms with Crippen LogP contribution in [0.2, 0.25) is 0 Å². The van der Waals surface area contributed by atoms with E-state index in [-0.39, 0.29) is 35.4 Å². The van der Waals surface area contributed by atoms with E-state index >= 15 is 0 Å². The Kier molecular flexibility index (Phi) is 5.97. The van der Waals surface area contributed by atoms with Crippen LogP contribution in [0.3, 0.4) is 0 Å². The first-order valence-electron chi connectivity index (χ1n) is 8.79. The van der Waals surface area contributed by atoms with Crippen LogP contribution in [-0.4, -0.2) is 47.2 Å². The van der Waals surface area contributed by atoms with Crippen molar-refractivity contribution in [2.45, 2.75) is 24.7 Å². The van der Waals surface area contributed by atoms with Gasteiger partial charge in [-0.25, -0.2) is 8.42 Å². The molecular formula is C18H21N5O5S. The number of methoxy groups -OCH3 is 1. The molecule has 0 unspecified atom stereocenters. The van der Waals surface area contributed by atoms with Gasteiger partial charge in [0.15, 0.2) is 9.84 Å². The maximum atomic E-state index is 12.3. The number of aryl methyl sites for hydroxylation is 2. The highest BCUT2D eigenvalue weighted by molar-refractivity contribution is 7.91. The van der Waals surface area contributed by atoms with E-state index in [2.05, 4.69) is 20.6 Å². The van der Waals surface area contributed by atoms with Crippen LogP contribution < -0.4 is 10.1 Å². The van der Waals surface area contributed by atoms with Crippen LogP contribution in [0.15, 0.2) is 39.6 Å². The topological polar surface area (TPSA) is 129 Å². The highest BCUT2D eigenvalue weighted by Crippen LogP contribution is 2.21. The van der Waals surface area contributed by atoms with Crippen molar-refractivity contribution in [2.75, 3.05) is 18.2 Å². The van der Waals surface area contributed by atoms with Gasteiger partial charge in [0.1, 0.15) is 11.4 Å². The van der Waals surface area contributed by atoms with Crippen LogP contribution >= 0.6 is 0 Å². The molecule has 1 N–H and O–H groups in total. The molecule has 0 aliphatic carbocycles. The highest BCUT2D eigenvalue weighted by atomic mass is 32.2. The maximum absolute atomic E-state index is 12.3. The average Bonchev–Trinajstić information content (AvgIpc) is 3.27. The number of nitrogens with zero attached hydrogens (tertiary/aromatic N) is 4. The molecule has 29 heavy (non-hydrogen) atoms. The van der Waals surface area contributed by atoms with E-state index in [0.717, 1.165) is 5.69 Å². The second-order valence-electron chi connectivity index (χ2n) is 6.35. The van der Waals surface area contributed by atoms with Crippen molar-refractivity contribution in [3.05, 3.63) is 36.0 Å². The summed E-state index contributed by atoms with van der Waals surface area (Å²) in [6.07, 6.45) is 0.153. The Morgan fingerprint density at radius 1 is 1.24 bits per heavy atom. The van der Waals surface area contributed by atoms with E-state index < -0.39 is 15.7 Å². The number of hydrogen-bond donors (Lipinski definition) is 1. The number of sulfone groups is 1. The van der Waals surface area contributed by atoms with Crippen LogP contribution in [0, 0.1) is 6.92 Å². The third kappa shape index (κ3) is 4.99. The lowest BCUT2D eigenvalue weighted by molar-refractivity contribution is -0.116. The van der Waals surface area contributed by atoms with E-state index in [1.54, 1.807) is 29.9 Å². The fourth-order valence-electron chi connectivity index (χ4n) is 2.69. The number of anilines is 1. The van der Waals surface area contributed by atoms with Gasteiger partial charge in [0.2, 0.25) is 5.91 Å². The smallest absolute Gasteiger partial charge is 0.322 e. The monoisotopic (exact) mass is 419 g/mol. The van der Waals surface area contributed by atoms with Crippen LogP contribution in [0.4, 0.5) is 6.01 Å². The summed E-state index contributed by atoms with van der Waals surface area (Å²) in [4.78, 5) is 12.3. The molecule has 0 atom stereocenters. The van der Waals surface area contributed by atoms with Crippen LogP contribution in [0.25, 0.3) is 11.6 Å². The number of hydrogen-bond acceptors (Lipinski definition) is 8. The molecule has 0 aliphatic rings. The summed E-state index contributed by atoms with van der Waals surface area (Å²) in [5.41, 5.74) is 1.42. The van der Waals surface area contributed by atoms with Crippen molar-refractivity contribution in [3.63, 3.8) is 0 Å². The molecule has 3 aromatic rings. The molecule has 10 nitrogen and oxygen atoms in total. The van der Waals surface area contributed by atoms with Crippen molar-refractivity contribution in [1.82, 2.24) is 20.0 Å². The minimum Gasteiger partial charge on any atom is -0.497 e. The summed E-state index contributed by atoms with van der Waals surface area (Å²) in [6.45, 7) is 1.84. The number of rotatable bonds is 8. The van der Waals surface area contributed by atoms with Gasteiger partial charge < -0.3 is 9.15 Å². The summed E-state index contributed by atoms with van der Waals surface area (Å²) in [7, 11) is -0.235. The normalized spacial score (nSPS) is 11.4. The van der Waals surface area contributed by atoms with Gasteiger partial charge in [-0.05, 0) is 43.7 Å². The second-order valence-corrected chi connectivity index (χ2v) is 8.46. The standard InChI is InChI=1S/C18H21N5O5S/c1-12-11-15(23(2)22-12)17-20-21-18(28-17)19-16(24)5-4-10-29(25,26)14-8-6-13(27-3)7-9-14/h6-9,11H,4-5,10H2,1-3H3,(H,19,21,24). The van der Waals surface area contributed by atoms with Gasteiger partial charge in [-0.15, -0.1) is 5.10 Å². The Hall–Kier alpha value is -3.21. The van der Waals surface area contributed by atoms with Gasteiger partial charge >= 0.3 is 6.01 Å². The number of carbonyl (C=O) groups excluding carboxylic acids is 1. The number of amides is 1. The lowest BCUT2D eigenvalue weighted by atomic mass is 10.3. The number of nitrogens with one attached hydrogen (secondary N) is 1. The zero-order chi connectivity index (χ0) is 21.0. The molecular weight excluding hydrogens is 398 g/mol. The predicted molar refractivity (Wildman–Crippen MR) is 104 cm³/mol. The molecule has 0 saturated heterocycles. The Morgan fingerprint density at radius 3 is 2.59 bits per heavy atom. The fraction of sp³-hybridized carbons (Fsp3) is 0.333. The van der Waals surface area contributed by atoms with Crippen molar-refractivity contribution < 1.29 is 22.4 Å². The molecule has 0 saturated carbocycles. The number of carbonyl (C=O) groups is 1. The average molecular weight is 419 g/mol. The number of aromatic nitrogens is 4. The van der Waals surface area contributed by atoms with E-state index in [1.807, 2.05) is 6.92 Å². The predicted octanol–water partition coefficient (Wildman–Crippen LogP) is 1.98. The minimum atomic E-state index is -3.48. The lowest BCUT2D eigenvalue weighted by Gasteiger charge is -2.05. The van der Waals surface area contributed by atoms with Crippen molar-refractivity contribution in [3.8, 4) is 17.3 Å². The van der Waals surface area contributed by atoms with E-state index in [4.69, 9.17) is 9.15 Å². The van der Waals surface area contributed by atoms with Crippen molar-refractivity contribution in [1.29, 1.82) is 0 Å². The maximum Gasteiger partial charge on any atom is 0.322 e. The van der Waals surface area contributed by atoms with Crippen LogP contribution in [-0.2, 0) is 21.7 Å². The van der Waals surface area contributed by atoms with E-state index in [0.29, 0.717) is 11.4 Å². The minimum absolute atomic E-state index is 0.00207. The van der Waals surface area contributed by atoms with Crippen LogP contribution in [0.5, 0.6) is 5.75 Å². The summed E-state index contributed by atoms with van der Waals surface area (Å²) >= 11 is 0. The third-order valence-corrected chi connectivity index (χ3v) is 5.94. The number of benzene rings is 1. The van der Waals surface area contributed by atoms with Gasteiger partial charge in [-0.2, -0.15) is 5.10 Å². The Labute approximate surface area is 167 Å². The molecule has 0 radical (unpaired) electrons. The largest absolute Gasteiger partial charge is 0.497 e. The van der Waals surface area contributed by atoms with Gasteiger partial charge in [0, 0.05) is 13.5 Å². The Bertz CT molecular complexity index is 1100. The number of ether oxygens (including phenoxy) is 1. The van der Waals surface area contributed by atoms with E-state index in [1.165, 1.54) is 19.2 Å². The van der Waals surface area contributed by atoms with Gasteiger partial charge in [0.25, 0.3) is 5.89 Å². The summed E-state index contributed by atoms with van der Waals surface area (Å²) < 4.78 is 36.7. The molecule has 2 heterocycles. The molecule has 1 aromatic carbocycles. The molecule has 1 amide bonds. The first-order valence-corrected chi connectivity index (χ1v) is 10.4. The van der Waals surface area contributed by atoms with Gasteiger partial charge in [-0.3, -0.25) is 14.8 Å². The zero-order valence-electron chi connectivity index (χ0n) is 16.2. The van der Waals surface area contributed by atoms with Crippen LogP contribution in [0.1, 0.15) is 18.5 Å². The fourth-order valence-corrected chi connectivity index (χ4v) is 4.00. The lowest BCUT2D eigenvalue weighted by Crippen LogP contribution is -2.14. The summed E-state index contributed by atoms with van der Waals surface area (Å²) in [6, 6.07) is 7.85. The highest BCUT2D eigenvalue weighted by Gasteiger charge is 2.17. The molecule has 154 valence electrons. The van der Waals surface area contributed by atoms with E-state index in [9.17, 15) is 13.2 Å². The molecule has 0 spiro atoms. The Balaban J connectivity index is 1.53. The van der Waals surface area contributed by atoms with Gasteiger partial charge in [-0.1, -0.05) is 5.10 Å². The molecule has 3 rings (SSSR count). The Morgan fingerprint density at radius 2 is 1.97 bits per heavy atom. The summed E-state index contributed by atoms with van der Waals surface area (Å²) in [5.74, 6) is 0.233. The third-order valence-electron chi connectivity index (χ3n) is 4.13. The second kappa shape index (κ2) is 8.43. The molecule has 2 aromatic heterocycles. The first kappa shape index (κ1) is 20.5. The van der Waals surface area contributed by atoms with Gasteiger partial charge in [0.05, 0.1) is 23.5 Å². The summed E-state index contributed by atoms with van der Waals surface area (Å²) in [5, 5.41) is 14.3. The zero-order valence-corrected chi connectivity index (χ0v) is 17.1. The molecule has 0 bridgehead atoms. The molecule has 0 aliphatic heterocycles. The van der Waals surface area contributed by atoms with Crippen molar-refractivity contribution >= 4 is 21.8 Å². The van der Waals surface area contributed by atoms with Crippen molar-refractivity contribution in [2.24, 2.45) is 7.05 Å². The molecule has 0 fully saturated rings. The first-order chi connectivity index (χ1) is 13.8. The SMILES string of the molecule is COc1ccc(S(=O)(=O)CCCC(=O)Nc2nnc(-c3cc(C)nn3C)o2)cc1. The quantitative estimate of drug-likeness (QED) is 0.587. The molecule has 11 heteroatoms.